The van der Waals surface area contributed by atoms with Crippen molar-refractivity contribution in [2.45, 2.75) is 32.0 Å². The number of hydrogen-bond acceptors (Lipinski definition) is 2. The molecule has 0 radical (unpaired) electrons. The molecular weight excluding hydrogens is 391 g/mol. The van der Waals surface area contributed by atoms with E-state index >= 15 is 0 Å². The van der Waals surface area contributed by atoms with Crippen LogP contribution in [0.3, 0.4) is 0 Å². The van der Waals surface area contributed by atoms with Gasteiger partial charge in [0.05, 0.1) is 17.5 Å². The number of alkyl halides is 3. The molecule has 1 heterocycles. The van der Waals surface area contributed by atoms with Crippen molar-refractivity contribution < 1.29 is 23.1 Å². The lowest BCUT2D eigenvalue weighted by molar-refractivity contribution is -0.143. The number of carbonyl (C=O) groups is 1. The van der Waals surface area contributed by atoms with Crippen LogP contribution in [-0.2, 0) is 11.0 Å². The second kappa shape index (κ2) is 8.13. The van der Waals surface area contributed by atoms with Crippen molar-refractivity contribution in [2.24, 2.45) is 5.92 Å². The largest absolute Gasteiger partial charge is 0.481 e. The molecule has 2 aromatic carbocycles. The minimum absolute atomic E-state index is 0.264. The van der Waals surface area contributed by atoms with Crippen LogP contribution in [0.4, 0.5) is 13.2 Å². The normalized spacial score (nSPS) is 17.5. The Bertz CT molecular complexity index is 861. The molecule has 1 atom stereocenters. The molecule has 150 valence electrons. The van der Waals surface area contributed by atoms with E-state index in [9.17, 15) is 23.1 Å². The lowest BCUT2D eigenvalue weighted by Crippen LogP contribution is -2.39. The minimum atomic E-state index is -4.47. The van der Waals surface area contributed by atoms with E-state index in [0.29, 0.717) is 31.5 Å². The summed E-state index contributed by atoms with van der Waals surface area (Å²) >= 11 is 6.34. The minimum Gasteiger partial charge on any atom is -0.481 e. The van der Waals surface area contributed by atoms with Crippen molar-refractivity contribution in [1.82, 2.24) is 4.90 Å². The maximum absolute atomic E-state index is 13.3. The third kappa shape index (κ3) is 4.50. The number of carboxylic acids is 1. The van der Waals surface area contributed by atoms with Gasteiger partial charge >= 0.3 is 12.1 Å². The number of piperidine rings is 1. The monoisotopic (exact) mass is 411 g/mol. The van der Waals surface area contributed by atoms with Crippen molar-refractivity contribution in [3.63, 3.8) is 0 Å². The third-order valence-corrected chi connectivity index (χ3v) is 5.56. The Balaban J connectivity index is 2.04. The van der Waals surface area contributed by atoms with Gasteiger partial charge < -0.3 is 5.11 Å². The molecule has 28 heavy (non-hydrogen) atoms. The van der Waals surface area contributed by atoms with E-state index in [-0.39, 0.29) is 5.02 Å². The first kappa shape index (κ1) is 20.7. The lowest BCUT2D eigenvalue weighted by atomic mass is 9.90. The molecule has 0 spiro atoms. The van der Waals surface area contributed by atoms with Gasteiger partial charge in [0.15, 0.2) is 0 Å². The Hall–Kier alpha value is -2.05. The van der Waals surface area contributed by atoms with Gasteiger partial charge in [-0.2, -0.15) is 13.2 Å². The molecule has 0 bridgehead atoms. The van der Waals surface area contributed by atoms with Gasteiger partial charge in [-0.25, -0.2) is 0 Å². The molecule has 3 nitrogen and oxygen atoms in total. The highest BCUT2D eigenvalue weighted by Crippen LogP contribution is 2.39. The molecule has 0 amide bonds. The number of likely N-dealkylation sites (tertiary alicyclic amines) is 1. The molecule has 1 fully saturated rings. The fourth-order valence-corrected chi connectivity index (χ4v) is 3.98. The van der Waals surface area contributed by atoms with Gasteiger partial charge in [-0.1, -0.05) is 41.4 Å². The van der Waals surface area contributed by atoms with Crippen LogP contribution in [0.5, 0.6) is 0 Å². The smallest absolute Gasteiger partial charge is 0.416 e. The summed E-state index contributed by atoms with van der Waals surface area (Å²) in [5, 5.41) is 9.50. The second-order valence-corrected chi connectivity index (χ2v) is 7.61. The SMILES string of the molecule is Cc1cccc(C(c2cc(C(F)(F)F)ccc2Cl)N2CCC(C(=O)O)CC2)c1. The van der Waals surface area contributed by atoms with E-state index < -0.39 is 29.7 Å². The third-order valence-electron chi connectivity index (χ3n) is 5.22. The Morgan fingerprint density at radius 2 is 1.86 bits per heavy atom. The summed E-state index contributed by atoms with van der Waals surface area (Å²) in [5.74, 6) is -1.25. The Morgan fingerprint density at radius 1 is 1.18 bits per heavy atom. The Labute approximate surface area is 166 Å². The molecule has 1 unspecified atom stereocenters. The molecule has 0 aliphatic carbocycles. The van der Waals surface area contributed by atoms with E-state index in [0.717, 1.165) is 23.3 Å². The molecule has 0 aromatic heterocycles. The molecule has 1 N–H and O–H groups in total. The van der Waals surface area contributed by atoms with Crippen molar-refractivity contribution >= 4 is 17.6 Å². The molecule has 2 aromatic rings. The average molecular weight is 412 g/mol. The van der Waals surface area contributed by atoms with Crippen LogP contribution < -0.4 is 0 Å². The van der Waals surface area contributed by atoms with Crippen molar-refractivity contribution in [1.29, 1.82) is 0 Å². The summed E-state index contributed by atoms with van der Waals surface area (Å²) in [6.45, 7) is 2.87. The predicted molar refractivity (Wildman–Crippen MR) is 101 cm³/mol. The van der Waals surface area contributed by atoms with Crippen molar-refractivity contribution in [3.8, 4) is 0 Å². The second-order valence-electron chi connectivity index (χ2n) is 7.20. The van der Waals surface area contributed by atoms with Gasteiger partial charge in [-0.05, 0) is 62.2 Å². The Kier molecular flexibility index (Phi) is 6.01. The highest BCUT2D eigenvalue weighted by Gasteiger charge is 2.35. The van der Waals surface area contributed by atoms with Crippen LogP contribution in [0.25, 0.3) is 0 Å². The van der Waals surface area contributed by atoms with Gasteiger partial charge in [0.25, 0.3) is 0 Å². The number of rotatable bonds is 4. The quantitative estimate of drug-likeness (QED) is 0.716. The predicted octanol–water partition coefficient (Wildman–Crippen LogP) is 5.55. The Morgan fingerprint density at radius 3 is 2.43 bits per heavy atom. The first-order valence-corrected chi connectivity index (χ1v) is 9.44. The van der Waals surface area contributed by atoms with Crippen LogP contribution >= 0.6 is 11.6 Å². The van der Waals surface area contributed by atoms with Gasteiger partial charge in [0, 0.05) is 5.02 Å². The number of carboxylic acid groups (broad SMARTS) is 1. The van der Waals surface area contributed by atoms with E-state index in [2.05, 4.69) is 0 Å². The molecule has 7 heteroatoms. The van der Waals surface area contributed by atoms with Crippen LogP contribution in [-0.4, -0.2) is 29.1 Å². The van der Waals surface area contributed by atoms with E-state index in [1.165, 1.54) is 6.07 Å². The maximum atomic E-state index is 13.3. The van der Waals surface area contributed by atoms with Gasteiger partial charge in [-0.15, -0.1) is 0 Å². The number of hydrogen-bond donors (Lipinski definition) is 1. The van der Waals surface area contributed by atoms with Crippen molar-refractivity contribution in [3.05, 3.63) is 69.7 Å². The zero-order valence-corrected chi connectivity index (χ0v) is 16.1. The van der Waals surface area contributed by atoms with Crippen LogP contribution in [0, 0.1) is 12.8 Å². The molecule has 3 rings (SSSR count). The molecule has 0 saturated carbocycles. The standard InChI is InChI=1S/C21H21ClF3NO2/c1-13-3-2-4-15(11-13)19(26-9-7-14(8-10-26)20(27)28)17-12-16(21(23,24)25)5-6-18(17)22/h2-6,11-12,14,19H,7-10H2,1H3,(H,27,28). The van der Waals surface area contributed by atoms with E-state index in [4.69, 9.17) is 11.6 Å². The molecule has 1 saturated heterocycles. The number of benzene rings is 2. The van der Waals surface area contributed by atoms with Crippen LogP contribution in [0.15, 0.2) is 42.5 Å². The lowest BCUT2D eigenvalue weighted by Gasteiger charge is -2.37. The summed E-state index contributed by atoms with van der Waals surface area (Å²) in [6, 6.07) is 10.5. The van der Waals surface area contributed by atoms with Gasteiger partial charge in [0.2, 0.25) is 0 Å². The van der Waals surface area contributed by atoms with Crippen molar-refractivity contribution in [2.75, 3.05) is 13.1 Å². The van der Waals surface area contributed by atoms with Crippen LogP contribution in [0.1, 0.15) is 41.1 Å². The van der Waals surface area contributed by atoms with Crippen LogP contribution in [0.2, 0.25) is 5.02 Å². The summed E-state index contributed by atoms with van der Waals surface area (Å²) in [4.78, 5) is 13.3. The highest BCUT2D eigenvalue weighted by atomic mass is 35.5. The summed E-state index contributed by atoms with van der Waals surface area (Å²) in [7, 11) is 0. The number of aryl methyl sites for hydroxylation is 1. The highest BCUT2D eigenvalue weighted by molar-refractivity contribution is 6.31. The zero-order chi connectivity index (χ0) is 20.5. The first-order valence-electron chi connectivity index (χ1n) is 9.07. The zero-order valence-electron chi connectivity index (χ0n) is 15.3. The fraction of sp³-hybridized carbons (Fsp3) is 0.381. The topological polar surface area (TPSA) is 40.5 Å². The average Bonchev–Trinajstić information content (AvgIpc) is 2.63. The van der Waals surface area contributed by atoms with Gasteiger partial charge in [0.1, 0.15) is 0 Å². The number of halogens is 4. The summed E-state index contributed by atoms with van der Waals surface area (Å²) in [5.41, 5.74) is 1.47. The first-order chi connectivity index (χ1) is 13.2. The molecular formula is C21H21ClF3NO2. The molecule has 1 aliphatic heterocycles. The fourth-order valence-electron chi connectivity index (χ4n) is 3.76. The summed E-state index contributed by atoms with van der Waals surface area (Å²) in [6.07, 6.45) is -3.56. The number of nitrogens with zero attached hydrogens (tertiary/aromatic N) is 1. The molecule has 1 aliphatic rings. The summed E-state index contributed by atoms with van der Waals surface area (Å²) < 4.78 is 39.9. The van der Waals surface area contributed by atoms with Gasteiger partial charge in [-0.3, -0.25) is 9.69 Å². The maximum Gasteiger partial charge on any atom is 0.416 e. The van der Waals surface area contributed by atoms with E-state index in [1.807, 2.05) is 36.1 Å². The van der Waals surface area contributed by atoms with E-state index in [1.54, 1.807) is 0 Å². The number of aliphatic carboxylic acids is 1.